The van der Waals surface area contributed by atoms with Gasteiger partial charge >= 0.3 is 0 Å². The van der Waals surface area contributed by atoms with Crippen LogP contribution in [0.4, 0.5) is 0 Å². The van der Waals surface area contributed by atoms with Gasteiger partial charge in [-0.1, -0.05) is 12.1 Å². The molecule has 0 aliphatic carbocycles. The Kier molecular flexibility index (Phi) is 5.29. The highest BCUT2D eigenvalue weighted by molar-refractivity contribution is 5.32. The molecule has 1 aromatic heterocycles. The number of hydrogen-bond donors (Lipinski definition) is 1. The lowest BCUT2D eigenvalue weighted by Crippen LogP contribution is -2.41. The monoisotopic (exact) mass is 323 g/mol. The van der Waals surface area contributed by atoms with E-state index in [1.54, 1.807) is 0 Å². The largest absolute Gasteiger partial charge is 0.336 e. The number of piperidine rings is 1. The summed E-state index contributed by atoms with van der Waals surface area (Å²) in [7, 11) is 4.28. The van der Waals surface area contributed by atoms with Crippen LogP contribution in [0.15, 0.2) is 36.8 Å². The molecule has 2 atom stereocenters. The van der Waals surface area contributed by atoms with Gasteiger partial charge in [-0.3, -0.25) is 4.90 Å². The number of hydrogen-bond acceptors (Lipinski definition) is 4. The zero-order chi connectivity index (χ0) is 16.9. The first kappa shape index (κ1) is 16.7. The molecular weight excluding hydrogens is 298 g/mol. The molecule has 1 N–H and O–H groups in total. The molecule has 1 saturated heterocycles. The van der Waals surface area contributed by atoms with Crippen LogP contribution in [0.5, 0.6) is 0 Å². The standard InChI is InChI=1S/C19H25N5/c1-23-8-4-7-17(19(23)18-13-22-14-24(18)2)12-21-11-16-6-3-5-15(9-16)10-20/h3,5-6,9,13-14,17,19,21H,4,7-8,11-12H2,1-2H3/t17-,19+/m0/s1. The highest BCUT2D eigenvalue weighted by atomic mass is 15.2. The number of imidazole rings is 1. The second-order valence-corrected chi connectivity index (χ2v) is 6.70. The van der Waals surface area contributed by atoms with Gasteiger partial charge in [0, 0.05) is 26.3 Å². The van der Waals surface area contributed by atoms with Crippen LogP contribution < -0.4 is 5.32 Å². The Hall–Kier alpha value is -2.16. The second-order valence-electron chi connectivity index (χ2n) is 6.70. The lowest BCUT2D eigenvalue weighted by atomic mass is 9.87. The summed E-state index contributed by atoms with van der Waals surface area (Å²) in [6, 6.07) is 10.4. The van der Waals surface area contributed by atoms with Crippen molar-refractivity contribution in [3.05, 3.63) is 53.6 Å². The van der Waals surface area contributed by atoms with Crippen LogP contribution in [0.2, 0.25) is 0 Å². The van der Waals surface area contributed by atoms with Crippen molar-refractivity contribution < 1.29 is 0 Å². The maximum Gasteiger partial charge on any atom is 0.0991 e. The van der Waals surface area contributed by atoms with Crippen LogP contribution in [0, 0.1) is 17.2 Å². The minimum absolute atomic E-state index is 0.407. The minimum Gasteiger partial charge on any atom is -0.336 e. The van der Waals surface area contributed by atoms with E-state index in [-0.39, 0.29) is 0 Å². The van der Waals surface area contributed by atoms with Crippen molar-refractivity contribution in [1.29, 1.82) is 5.26 Å². The summed E-state index contributed by atoms with van der Waals surface area (Å²) in [6.45, 7) is 2.90. The van der Waals surface area contributed by atoms with E-state index in [2.05, 4.69) is 46.0 Å². The summed E-state index contributed by atoms with van der Waals surface area (Å²) in [5.41, 5.74) is 3.17. The van der Waals surface area contributed by atoms with Gasteiger partial charge in [-0.2, -0.15) is 5.26 Å². The van der Waals surface area contributed by atoms with E-state index in [1.165, 1.54) is 18.5 Å². The Labute approximate surface area is 143 Å². The Bertz CT molecular complexity index is 715. The third-order valence-electron chi connectivity index (χ3n) is 4.96. The van der Waals surface area contributed by atoms with E-state index in [9.17, 15) is 0 Å². The molecule has 24 heavy (non-hydrogen) atoms. The summed E-state index contributed by atoms with van der Waals surface area (Å²) >= 11 is 0. The van der Waals surface area contributed by atoms with Crippen molar-refractivity contribution in [2.75, 3.05) is 20.1 Å². The molecular formula is C19H25N5. The quantitative estimate of drug-likeness (QED) is 0.918. The smallest absolute Gasteiger partial charge is 0.0991 e. The normalized spacial score (nSPS) is 21.5. The van der Waals surface area contributed by atoms with Gasteiger partial charge in [0.25, 0.3) is 0 Å². The Balaban J connectivity index is 1.64. The van der Waals surface area contributed by atoms with Gasteiger partial charge in [-0.05, 0) is 50.0 Å². The van der Waals surface area contributed by atoms with E-state index in [0.29, 0.717) is 12.0 Å². The molecule has 0 bridgehead atoms. The maximum atomic E-state index is 9.00. The molecule has 0 saturated carbocycles. The average Bonchev–Trinajstić information content (AvgIpc) is 3.01. The molecule has 5 nitrogen and oxygen atoms in total. The van der Waals surface area contributed by atoms with Crippen molar-refractivity contribution >= 4 is 0 Å². The summed E-state index contributed by atoms with van der Waals surface area (Å²) in [4.78, 5) is 6.75. The number of benzene rings is 1. The van der Waals surface area contributed by atoms with Crippen molar-refractivity contribution in [3.8, 4) is 6.07 Å². The average molecular weight is 323 g/mol. The molecule has 0 amide bonds. The van der Waals surface area contributed by atoms with Crippen molar-refractivity contribution in [2.24, 2.45) is 13.0 Å². The molecule has 0 radical (unpaired) electrons. The molecule has 1 aliphatic heterocycles. The van der Waals surface area contributed by atoms with Crippen molar-refractivity contribution in [3.63, 3.8) is 0 Å². The lowest BCUT2D eigenvalue weighted by molar-refractivity contribution is 0.113. The SMILES string of the molecule is CN1CCC[C@@H](CNCc2cccc(C#N)c2)[C@@H]1c1cncn1C. The van der Waals surface area contributed by atoms with Crippen molar-refractivity contribution in [2.45, 2.75) is 25.4 Å². The van der Waals surface area contributed by atoms with Gasteiger partial charge in [0.1, 0.15) is 0 Å². The molecule has 1 aromatic carbocycles. The number of likely N-dealkylation sites (tertiary alicyclic amines) is 1. The number of nitriles is 1. The van der Waals surface area contributed by atoms with Gasteiger partial charge in [0.05, 0.1) is 29.7 Å². The Morgan fingerprint density at radius 3 is 3.00 bits per heavy atom. The maximum absolute atomic E-state index is 9.00. The molecule has 0 unspecified atom stereocenters. The lowest BCUT2D eigenvalue weighted by Gasteiger charge is -2.39. The zero-order valence-electron chi connectivity index (χ0n) is 14.4. The van der Waals surface area contributed by atoms with Gasteiger partial charge in [0.15, 0.2) is 0 Å². The molecule has 126 valence electrons. The Morgan fingerprint density at radius 1 is 1.38 bits per heavy atom. The topological polar surface area (TPSA) is 56.9 Å². The van der Waals surface area contributed by atoms with E-state index >= 15 is 0 Å². The first-order valence-electron chi connectivity index (χ1n) is 8.55. The molecule has 1 aliphatic rings. The van der Waals surface area contributed by atoms with Gasteiger partial charge in [-0.15, -0.1) is 0 Å². The van der Waals surface area contributed by atoms with E-state index < -0.39 is 0 Å². The summed E-state index contributed by atoms with van der Waals surface area (Å²) < 4.78 is 2.13. The molecule has 0 spiro atoms. The molecule has 2 heterocycles. The predicted molar refractivity (Wildman–Crippen MR) is 94.2 cm³/mol. The van der Waals surface area contributed by atoms with E-state index in [0.717, 1.165) is 30.8 Å². The van der Waals surface area contributed by atoms with Crippen LogP contribution in [-0.4, -0.2) is 34.6 Å². The number of nitrogens with zero attached hydrogens (tertiary/aromatic N) is 4. The van der Waals surface area contributed by atoms with Crippen LogP contribution in [0.3, 0.4) is 0 Å². The van der Waals surface area contributed by atoms with E-state index in [1.807, 2.05) is 30.7 Å². The van der Waals surface area contributed by atoms with Crippen LogP contribution in [0.1, 0.15) is 35.7 Å². The minimum atomic E-state index is 0.407. The fourth-order valence-electron chi connectivity index (χ4n) is 3.75. The zero-order valence-corrected chi connectivity index (χ0v) is 14.4. The number of rotatable bonds is 5. The second kappa shape index (κ2) is 7.61. The highest BCUT2D eigenvalue weighted by Gasteiger charge is 2.31. The predicted octanol–water partition coefficient (Wildman–Crippen LogP) is 2.46. The van der Waals surface area contributed by atoms with Gasteiger partial charge in [0.2, 0.25) is 0 Å². The molecule has 2 aromatic rings. The third kappa shape index (κ3) is 3.66. The molecule has 5 heteroatoms. The van der Waals surface area contributed by atoms with E-state index in [4.69, 9.17) is 5.26 Å². The van der Waals surface area contributed by atoms with Gasteiger partial charge < -0.3 is 9.88 Å². The van der Waals surface area contributed by atoms with Crippen molar-refractivity contribution in [1.82, 2.24) is 19.8 Å². The van der Waals surface area contributed by atoms with Gasteiger partial charge in [-0.25, -0.2) is 4.98 Å². The third-order valence-corrected chi connectivity index (χ3v) is 4.96. The summed E-state index contributed by atoms with van der Waals surface area (Å²) in [5.74, 6) is 0.568. The fraction of sp³-hybridized carbons (Fsp3) is 0.474. The molecule has 3 rings (SSSR count). The van der Waals surface area contributed by atoms with Crippen LogP contribution >= 0.6 is 0 Å². The first-order chi connectivity index (χ1) is 11.7. The fourth-order valence-corrected chi connectivity index (χ4v) is 3.75. The first-order valence-corrected chi connectivity index (χ1v) is 8.55. The highest BCUT2D eigenvalue weighted by Crippen LogP contribution is 2.34. The molecule has 1 fully saturated rings. The number of aryl methyl sites for hydroxylation is 1. The number of aromatic nitrogens is 2. The van der Waals surface area contributed by atoms with Crippen LogP contribution in [-0.2, 0) is 13.6 Å². The Morgan fingerprint density at radius 2 is 2.25 bits per heavy atom. The number of nitrogens with one attached hydrogen (secondary N) is 1. The summed E-state index contributed by atoms with van der Waals surface area (Å²) in [5, 5.41) is 12.6. The summed E-state index contributed by atoms with van der Waals surface area (Å²) in [6.07, 6.45) is 6.35. The van der Waals surface area contributed by atoms with Crippen LogP contribution in [0.25, 0.3) is 0 Å².